The first-order valence-corrected chi connectivity index (χ1v) is 15.1. The molecule has 1 heterocycles. The number of aliphatic hydroxyl groups is 1. The summed E-state index contributed by atoms with van der Waals surface area (Å²) in [4.78, 5) is 5.19. The number of benzene rings is 3. The average molecular weight is 525 g/mol. The number of anilines is 1. The summed E-state index contributed by atoms with van der Waals surface area (Å²) >= 11 is 0. The molecule has 0 spiro atoms. The van der Waals surface area contributed by atoms with Crippen molar-refractivity contribution in [3.63, 3.8) is 0 Å². The lowest BCUT2D eigenvalue weighted by Gasteiger charge is -2.40. The molecule has 3 aromatic rings. The van der Waals surface area contributed by atoms with Crippen LogP contribution in [0.5, 0.6) is 5.75 Å². The molecule has 4 heteroatoms. The summed E-state index contributed by atoms with van der Waals surface area (Å²) in [5.74, 6) is 2.96. The summed E-state index contributed by atoms with van der Waals surface area (Å²) in [5, 5.41) is 9.82. The Kier molecular flexibility index (Phi) is 8.22. The highest BCUT2D eigenvalue weighted by Gasteiger charge is 2.32. The highest BCUT2D eigenvalue weighted by molar-refractivity contribution is 5.52. The molecule has 2 unspecified atom stereocenters. The van der Waals surface area contributed by atoms with Crippen molar-refractivity contribution in [2.24, 2.45) is 11.8 Å². The third-order valence-corrected chi connectivity index (χ3v) is 9.82. The summed E-state index contributed by atoms with van der Waals surface area (Å²) in [6, 6.07) is 27.2. The van der Waals surface area contributed by atoms with Crippen LogP contribution in [0.3, 0.4) is 0 Å². The quantitative estimate of drug-likeness (QED) is 0.384. The van der Waals surface area contributed by atoms with E-state index in [0.29, 0.717) is 30.3 Å². The van der Waals surface area contributed by atoms with Crippen molar-refractivity contribution in [3.05, 3.63) is 95.1 Å². The van der Waals surface area contributed by atoms with Crippen molar-refractivity contribution in [1.29, 1.82) is 0 Å². The molecule has 4 atom stereocenters. The maximum Gasteiger partial charge on any atom is 0.119 e. The minimum atomic E-state index is 0.350. The Hall–Kier alpha value is -2.82. The predicted molar refractivity (Wildman–Crippen MR) is 160 cm³/mol. The molecule has 39 heavy (non-hydrogen) atoms. The zero-order valence-electron chi connectivity index (χ0n) is 23.5. The summed E-state index contributed by atoms with van der Waals surface area (Å²) in [5.41, 5.74) is 7.05. The minimum absolute atomic E-state index is 0.350. The number of methoxy groups -OCH3 is 1. The molecule has 0 bridgehead atoms. The third kappa shape index (κ3) is 5.73. The van der Waals surface area contributed by atoms with E-state index in [1.807, 2.05) is 0 Å². The molecule has 0 amide bonds. The van der Waals surface area contributed by atoms with Crippen molar-refractivity contribution in [1.82, 2.24) is 4.90 Å². The van der Waals surface area contributed by atoms with E-state index < -0.39 is 0 Å². The second-order valence-electron chi connectivity index (χ2n) is 12.0. The van der Waals surface area contributed by atoms with Crippen molar-refractivity contribution < 1.29 is 9.84 Å². The number of aryl methyl sites for hydroxylation is 1. The van der Waals surface area contributed by atoms with Crippen LogP contribution in [0.1, 0.15) is 66.2 Å². The fourth-order valence-electron chi connectivity index (χ4n) is 7.57. The van der Waals surface area contributed by atoms with Crippen LogP contribution in [0.4, 0.5) is 5.69 Å². The van der Waals surface area contributed by atoms with E-state index >= 15 is 0 Å². The van der Waals surface area contributed by atoms with Gasteiger partial charge in [0.2, 0.25) is 0 Å². The van der Waals surface area contributed by atoms with E-state index in [9.17, 15) is 5.11 Å². The summed E-state index contributed by atoms with van der Waals surface area (Å²) in [7, 11) is 1.76. The molecular weight excluding hydrogens is 480 g/mol. The van der Waals surface area contributed by atoms with Gasteiger partial charge in [-0.1, -0.05) is 61.4 Å². The van der Waals surface area contributed by atoms with E-state index in [2.05, 4.69) is 82.6 Å². The minimum Gasteiger partial charge on any atom is -0.497 e. The molecule has 1 saturated carbocycles. The van der Waals surface area contributed by atoms with E-state index in [4.69, 9.17) is 4.74 Å². The van der Waals surface area contributed by atoms with Gasteiger partial charge in [-0.2, -0.15) is 0 Å². The van der Waals surface area contributed by atoms with Gasteiger partial charge in [0.25, 0.3) is 0 Å². The summed E-state index contributed by atoms with van der Waals surface area (Å²) in [6.45, 7) is 5.91. The first kappa shape index (κ1) is 26.4. The van der Waals surface area contributed by atoms with Gasteiger partial charge in [0, 0.05) is 50.9 Å². The lowest BCUT2D eigenvalue weighted by Crippen LogP contribution is -2.48. The van der Waals surface area contributed by atoms with Gasteiger partial charge in [-0.15, -0.1) is 0 Å². The SMILES string of the molecule is COc1ccc2c(c1)CCC(c1ccccc1)C2c1ccc(N2CCN(C[C@H]3CCCC[C@@H]3CO)CC2)cc1. The van der Waals surface area contributed by atoms with E-state index in [0.717, 1.165) is 51.3 Å². The van der Waals surface area contributed by atoms with Crippen LogP contribution in [-0.4, -0.2) is 56.4 Å². The van der Waals surface area contributed by atoms with Crippen molar-refractivity contribution >= 4 is 5.69 Å². The van der Waals surface area contributed by atoms with Gasteiger partial charge in [-0.3, -0.25) is 4.90 Å². The molecular formula is C35H44N2O2. The largest absolute Gasteiger partial charge is 0.497 e. The Bertz CT molecular complexity index is 1200. The van der Waals surface area contributed by atoms with Crippen molar-refractivity contribution in [3.8, 4) is 5.75 Å². The van der Waals surface area contributed by atoms with Crippen LogP contribution >= 0.6 is 0 Å². The Morgan fingerprint density at radius 3 is 2.26 bits per heavy atom. The zero-order valence-corrected chi connectivity index (χ0v) is 23.5. The smallest absolute Gasteiger partial charge is 0.119 e. The standard InChI is InChI=1S/C35H44N2O2/c1-39-32-16-18-34-28(23-32)13-17-33(26-7-3-2-4-8-26)35(34)27-11-14-31(15-12-27)37-21-19-36(20-22-37)24-29-9-5-6-10-30(29)25-38/h2-4,7-8,11-12,14-16,18,23,29-30,33,35,38H,5-6,9-10,13,17,19-22,24-25H2,1H3/t29-,30-,33?,35?/m1/s1. The average Bonchev–Trinajstić information content (AvgIpc) is 3.01. The van der Waals surface area contributed by atoms with Crippen LogP contribution in [-0.2, 0) is 6.42 Å². The number of rotatable bonds is 7. The Labute approximate surface area is 234 Å². The van der Waals surface area contributed by atoms with Crippen LogP contribution in [0, 0.1) is 11.8 Å². The number of aliphatic hydroxyl groups excluding tert-OH is 1. The monoisotopic (exact) mass is 524 g/mol. The molecule has 1 saturated heterocycles. The van der Waals surface area contributed by atoms with Gasteiger partial charge in [0.15, 0.2) is 0 Å². The van der Waals surface area contributed by atoms with E-state index in [-0.39, 0.29) is 0 Å². The molecule has 1 N–H and O–H groups in total. The Morgan fingerprint density at radius 1 is 0.795 bits per heavy atom. The summed E-state index contributed by atoms with van der Waals surface area (Å²) in [6.07, 6.45) is 7.35. The molecule has 0 radical (unpaired) electrons. The fourth-order valence-corrected chi connectivity index (χ4v) is 7.57. The highest BCUT2D eigenvalue weighted by Crippen LogP contribution is 2.47. The number of piperazine rings is 1. The van der Waals surface area contributed by atoms with E-state index in [1.165, 1.54) is 53.6 Å². The lowest BCUT2D eigenvalue weighted by atomic mass is 9.69. The predicted octanol–water partition coefficient (Wildman–Crippen LogP) is 6.48. The molecule has 2 fully saturated rings. The summed E-state index contributed by atoms with van der Waals surface area (Å²) < 4.78 is 5.56. The number of fused-ring (bicyclic) bond motifs is 1. The number of ether oxygens (including phenoxy) is 1. The molecule has 206 valence electrons. The van der Waals surface area contributed by atoms with Gasteiger partial charge in [0.1, 0.15) is 5.75 Å². The van der Waals surface area contributed by atoms with Gasteiger partial charge in [-0.25, -0.2) is 0 Å². The molecule has 2 aliphatic carbocycles. The third-order valence-electron chi connectivity index (χ3n) is 9.82. The Balaban J connectivity index is 1.17. The zero-order chi connectivity index (χ0) is 26.6. The van der Waals surface area contributed by atoms with Crippen molar-refractivity contribution in [2.45, 2.75) is 50.4 Å². The normalized spacial score (nSPS) is 25.7. The maximum atomic E-state index is 9.82. The molecule has 6 rings (SSSR count). The number of hydrogen-bond acceptors (Lipinski definition) is 4. The molecule has 1 aliphatic heterocycles. The number of hydrogen-bond donors (Lipinski definition) is 1. The highest BCUT2D eigenvalue weighted by atomic mass is 16.5. The van der Waals surface area contributed by atoms with E-state index in [1.54, 1.807) is 7.11 Å². The molecule has 4 nitrogen and oxygen atoms in total. The van der Waals surface area contributed by atoms with Crippen LogP contribution in [0.2, 0.25) is 0 Å². The van der Waals surface area contributed by atoms with Crippen LogP contribution in [0.25, 0.3) is 0 Å². The van der Waals surface area contributed by atoms with Crippen molar-refractivity contribution in [2.75, 3.05) is 51.3 Å². The van der Waals surface area contributed by atoms with Gasteiger partial charge in [0.05, 0.1) is 7.11 Å². The second-order valence-corrected chi connectivity index (χ2v) is 12.0. The topological polar surface area (TPSA) is 35.9 Å². The van der Waals surface area contributed by atoms with Crippen LogP contribution in [0.15, 0.2) is 72.8 Å². The maximum absolute atomic E-state index is 9.82. The van der Waals surface area contributed by atoms with Gasteiger partial charge in [-0.05, 0) is 90.0 Å². The number of nitrogens with zero attached hydrogens (tertiary/aromatic N) is 2. The lowest BCUT2D eigenvalue weighted by molar-refractivity contribution is 0.0973. The first-order chi connectivity index (χ1) is 19.2. The molecule has 3 aliphatic rings. The second kappa shape index (κ2) is 12.1. The molecule has 3 aromatic carbocycles. The van der Waals surface area contributed by atoms with Gasteiger partial charge < -0.3 is 14.7 Å². The van der Waals surface area contributed by atoms with Crippen LogP contribution < -0.4 is 9.64 Å². The first-order valence-electron chi connectivity index (χ1n) is 15.1. The molecule has 0 aromatic heterocycles. The fraction of sp³-hybridized carbons (Fsp3) is 0.486. The Morgan fingerprint density at radius 2 is 1.54 bits per heavy atom. The van der Waals surface area contributed by atoms with Gasteiger partial charge >= 0.3 is 0 Å².